The zero-order valence-corrected chi connectivity index (χ0v) is 13.2. The van der Waals surface area contributed by atoms with Crippen molar-refractivity contribution < 1.29 is 9.59 Å². The molecule has 0 aromatic heterocycles. The van der Waals surface area contributed by atoms with Crippen molar-refractivity contribution in [3.63, 3.8) is 0 Å². The van der Waals surface area contributed by atoms with Crippen LogP contribution in [0.2, 0.25) is 0 Å². The summed E-state index contributed by atoms with van der Waals surface area (Å²) in [6.07, 6.45) is 0. The molecule has 0 spiro atoms. The Hall–Kier alpha value is -1.40. The maximum atomic E-state index is 12.7. The minimum atomic E-state index is -0.459. The Bertz CT molecular complexity index is 533. The minimum Gasteiger partial charge on any atom is -0.357 e. The number of rotatable bonds is 2. The van der Waals surface area contributed by atoms with E-state index in [0.717, 1.165) is 10.0 Å². The van der Waals surface area contributed by atoms with Gasteiger partial charge in [-0.15, -0.1) is 0 Å². The normalized spacial score (nSPS) is 18.8. The Balaban J connectivity index is 2.30. The molecule has 1 saturated heterocycles. The summed E-state index contributed by atoms with van der Waals surface area (Å²) in [4.78, 5) is 26.3. The highest BCUT2D eigenvalue weighted by Crippen LogP contribution is 2.21. The van der Waals surface area contributed by atoms with Crippen molar-refractivity contribution >= 4 is 27.7 Å². The summed E-state index contributed by atoms with van der Waals surface area (Å²) in [6.45, 7) is 3.61. The number of nitrogens with one attached hydrogen (secondary N) is 2. The lowest BCUT2D eigenvalue weighted by atomic mass is 10.1. The third kappa shape index (κ3) is 2.86. The van der Waals surface area contributed by atoms with Gasteiger partial charge in [-0.1, -0.05) is 22.0 Å². The van der Waals surface area contributed by atoms with E-state index in [-0.39, 0.29) is 11.8 Å². The number of hydrogen-bond donors (Lipinski definition) is 2. The molecule has 20 heavy (non-hydrogen) atoms. The average Bonchev–Trinajstić information content (AvgIpc) is 2.48. The van der Waals surface area contributed by atoms with Crippen molar-refractivity contribution in [3.05, 3.63) is 33.8 Å². The standard InChI is InChI=1S/C14H18BrN3O2/c1-9-10(4-3-5-11(9)15)14(20)18-7-6-17-8-12(18)13(19)16-2/h3-5,12,17H,6-8H2,1-2H3,(H,16,19). The van der Waals surface area contributed by atoms with Gasteiger partial charge in [-0.2, -0.15) is 0 Å². The van der Waals surface area contributed by atoms with Gasteiger partial charge >= 0.3 is 0 Å². The molecule has 1 fully saturated rings. The number of likely N-dealkylation sites (N-methyl/N-ethyl adjacent to an activating group) is 1. The number of amides is 2. The summed E-state index contributed by atoms with van der Waals surface area (Å²) in [7, 11) is 1.59. The second-order valence-electron chi connectivity index (χ2n) is 4.75. The minimum absolute atomic E-state index is 0.0982. The molecule has 6 heteroatoms. The summed E-state index contributed by atoms with van der Waals surface area (Å²) in [6, 6.07) is 5.08. The Morgan fingerprint density at radius 3 is 2.90 bits per heavy atom. The molecule has 1 aromatic rings. The third-order valence-corrected chi connectivity index (χ3v) is 4.41. The first-order valence-corrected chi connectivity index (χ1v) is 7.34. The molecule has 1 aliphatic heterocycles. The van der Waals surface area contributed by atoms with Crippen molar-refractivity contribution in [3.8, 4) is 0 Å². The van der Waals surface area contributed by atoms with E-state index in [1.54, 1.807) is 18.0 Å². The molecular weight excluding hydrogens is 322 g/mol. The number of piperazine rings is 1. The van der Waals surface area contributed by atoms with Crippen LogP contribution in [-0.4, -0.2) is 49.4 Å². The highest BCUT2D eigenvalue weighted by atomic mass is 79.9. The van der Waals surface area contributed by atoms with Crippen molar-refractivity contribution in [2.45, 2.75) is 13.0 Å². The number of nitrogens with zero attached hydrogens (tertiary/aromatic N) is 1. The van der Waals surface area contributed by atoms with Crippen molar-refractivity contribution in [2.24, 2.45) is 0 Å². The molecule has 1 aromatic carbocycles. The maximum Gasteiger partial charge on any atom is 0.254 e. The van der Waals surface area contributed by atoms with Crippen LogP contribution in [0.25, 0.3) is 0 Å². The molecule has 0 saturated carbocycles. The Kier molecular flexibility index (Phi) is 4.77. The molecule has 2 N–H and O–H groups in total. The summed E-state index contributed by atoms with van der Waals surface area (Å²) < 4.78 is 0.898. The van der Waals surface area contributed by atoms with Crippen LogP contribution in [0.15, 0.2) is 22.7 Å². The van der Waals surface area contributed by atoms with Gasteiger partial charge < -0.3 is 15.5 Å². The molecule has 108 valence electrons. The predicted octanol–water partition coefficient (Wildman–Crippen LogP) is 0.918. The quantitative estimate of drug-likeness (QED) is 0.842. The van der Waals surface area contributed by atoms with Crippen LogP contribution in [0.5, 0.6) is 0 Å². The van der Waals surface area contributed by atoms with Crippen molar-refractivity contribution in [1.29, 1.82) is 0 Å². The number of halogens is 1. The lowest BCUT2D eigenvalue weighted by Crippen LogP contribution is -2.59. The second-order valence-corrected chi connectivity index (χ2v) is 5.60. The van der Waals surface area contributed by atoms with Crippen LogP contribution in [0.3, 0.4) is 0 Å². The number of carbonyl (C=O) groups is 2. The van der Waals surface area contributed by atoms with Gasteiger partial charge in [0.1, 0.15) is 6.04 Å². The van der Waals surface area contributed by atoms with Gasteiger partial charge in [-0.05, 0) is 24.6 Å². The lowest BCUT2D eigenvalue weighted by Gasteiger charge is -2.35. The van der Waals surface area contributed by atoms with E-state index >= 15 is 0 Å². The highest BCUT2D eigenvalue weighted by Gasteiger charge is 2.32. The maximum absolute atomic E-state index is 12.7. The van der Waals surface area contributed by atoms with Crippen LogP contribution in [-0.2, 0) is 4.79 Å². The summed E-state index contributed by atoms with van der Waals surface area (Å²) in [5, 5.41) is 5.76. The van der Waals surface area contributed by atoms with Crippen molar-refractivity contribution in [2.75, 3.05) is 26.7 Å². The molecule has 1 aliphatic rings. The topological polar surface area (TPSA) is 61.4 Å². The first-order valence-electron chi connectivity index (χ1n) is 6.54. The molecule has 0 aliphatic carbocycles. The van der Waals surface area contributed by atoms with Crippen LogP contribution >= 0.6 is 15.9 Å². The number of carbonyl (C=O) groups excluding carboxylic acids is 2. The van der Waals surface area contributed by atoms with Crippen LogP contribution in [0.4, 0.5) is 0 Å². The van der Waals surface area contributed by atoms with Gasteiger partial charge in [0.05, 0.1) is 0 Å². The molecule has 1 heterocycles. The fourth-order valence-electron chi connectivity index (χ4n) is 2.34. The van der Waals surface area contributed by atoms with E-state index in [2.05, 4.69) is 26.6 Å². The molecule has 1 unspecified atom stereocenters. The first kappa shape index (κ1) is 15.0. The monoisotopic (exact) mass is 339 g/mol. The van der Waals surface area contributed by atoms with Gasteiger partial charge in [-0.25, -0.2) is 0 Å². The summed E-state index contributed by atoms with van der Waals surface area (Å²) >= 11 is 3.43. The van der Waals surface area contributed by atoms with E-state index < -0.39 is 6.04 Å². The molecule has 2 amide bonds. The predicted molar refractivity (Wildman–Crippen MR) is 80.6 cm³/mol. The van der Waals surface area contributed by atoms with E-state index in [0.29, 0.717) is 25.2 Å². The zero-order valence-electron chi connectivity index (χ0n) is 11.6. The Morgan fingerprint density at radius 1 is 1.45 bits per heavy atom. The SMILES string of the molecule is CNC(=O)C1CNCCN1C(=O)c1cccc(Br)c1C. The fraction of sp³-hybridized carbons (Fsp3) is 0.429. The fourth-order valence-corrected chi connectivity index (χ4v) is 2.71. The van der Waals surface area contributed by atoms with Crippen LogP contribution < -0.4 is 10.6 Å². The van der Waals surface area contributed by atoms with Crippen molar-refractivity contribution in [1.82, 2.24) is 15.5 Å². The van der Waals surface area contributed by atoms with E-state index in [1.165, 1.54) is 0 Å². The smallest absolute Gasteiger partial charge is 0.254 e. The van der Waals surface area contributed by atoms with E-state index in [9.17, 15) is 9.59 Å². The number of benzene rings is 1. The Morgan fingerprint density at radius 2 is 2.20 bits per heavy atom. The molecule has 0 bridgehead atoms. The van der Waals surface area contributed by atoms with Gasteiger partial charge in [0.2, 0.25) is 5.91 Å². The molecule has 0 radical (unpaired) electrons. The first-order chi connectivity index (χ1) is 9.56. The van der Waals surface area contributed by atoms with Gasteiger partial charge in [0.15, 0.2) is 0 Å². The zero-order chi connectivity index (χ0) is 14.7. The molecular formula is C14H18BrN3O2. The largest absolute Gasteiger partial charge is 0.357 e. The van der Waals surface area contributed by atoms with Crippen LogP contribution in [0, 0.1) is 6.92 Å². The molecule has 2 rings (SSSR count). The Labute approximate surface area is 126 Å². The van der Waals surface area contributed by atoms with Gasteiger partial charge in [0.25, 0.3) is 5.91 Å². The molecule has 5 nitrogen and oxygen atoms in total. The van der Waals surface area contributed by atoms with Gasteiger partial charge in [-0.3, -0.25) is 9.59 Å². The van der Waals surface area contributed by atoms with E-state index in [1.807, 2.05) is 19.1 Å². The lowest BCUT2D eigenvalue weighted by molar-refractivity contribution is -0.125. The summed E-state index contributed by atoms with van der Waals surface area (Å²) in [5.41, 5.74) is 1.53. The van der Waals surface area contributed by atoms with Gasteiger partial charge in [0, 0.05) is 36.7 Å². The van der Waals surface area contributed by atoms with Crippen LogP contribution in [0.1, 0.15) is 15.9 Å². The van der Waals surface area contributed by atoms with E-state index in [4.69, 9.17) is 0 Å². The average molecular weight is 340 g/mol. The second kappa shape index (κ2) is 6.37. The summed E-state index contributed by atoms with van der Waals surface area (Å²) in [5.74, 6) is -0.239. The molecule has 1 atom stereocenters. The third-order valence-electron chi connectivity index (χ3n) is 3.55. The highest BCUT2D eigenvalue weighted by molar-refractivity contribution is 9.10. The number of hydrogen-bond acceptors (Lipinski definition) is 3.